The first-order valence-corrected chi connectivity index (χ1v) is 8.00. The van der Waals surface area contributed by atoms with Gasteiger partial charge in [0.2, 0.25) is 0 Å². The Morgan fingerprint density at radius 3 is 2.57 bits per heavy atom. The first-order chi connectivity index (χ1) is 11.2. The van der Waals surface area contributed by atoms with Crippen molar-refractivity contribution in [1.82, 2.24) is 15.0 Å². The molecule has 2 aromatic heterocycles. The van der Waals surface area contributed by atoms with Crippen molar-refractivity contribution in [3.05, 3.63) is 42.7 Å². The number of nitrogens with one attached hydrogen (secondary N) is 1. The molecule has 1 aliphatic rings. The fraction of sp³-hybridized carbons (Fsp3) is 0.333. The van der Waals surface area contributed by atoms with E-state index in [-0.39, 0.29) is 12.2 Å². The van der Waals surface area contributed by atoms with E-state index in [1.54, 1.807) is 0 Å². The van der Waals surface area contributed by atoms with E-state index in [9.17, 15) is 0 Å². The molecule has 5 nitrogen and oxygen atoms in total. The lowest BCUT2D eigenvalue weighted by Crippen LogP contribution is -2.45. The van der Waals surface area contributed by atoms with Gasteiger partial charge in [-0.15, -0.1) is 0 Å². The van der Waals surface area contributed by atoms with Gasteiger partial charge in [-0.2, -0.15) is 0 Å². The second-order valence-corrected chi connectivity index (χ2v) is 6.18. The van der Waals surface area contributed by atoms with Crippen molar-refractivity contribution in [2.45, 2.75) is 26.1 Å². The fourth-order valence-corrected chi connectivity index (χ4v) is 3.20. The van der Waals surface area contributed by atoms with Gasteiger partial charge in [-0.1, -0.05) is 12.1 Å². The summed E-state index contributed by atoms with van der Waals surface area (Å²) in [6, 6.07) is 10.5. The Morgan fingerprint density at radius 2 is 1.83 bits per heavy atom. The number of hydrogen-bond donors (Lipinski definition) is 1. The van der Waals surface area contributed by atoms with Gasteiger partial charge in [-0.3, -0.25) is 0 Å². The molecule has 118 valence electrons. The van der Waals surface area contributed by atoms with Crippen LogP contribution < -0.4 is 4.90 Å². The molecule has 3 aromatic rings. The van der Waals surface area contributed by atoms with E-state index in [1.807, 2.05) is 18.5 Å². The van der Waals surface area contributed by atoms with Crippen LogP contribution in [0.15, 0.2) is 42.7 Å². The molecule has 23 heavy (non-hydrogen) atoms. The molecule has 0 spiro atoms. The average molecular weight is 308 g/mol. The largest absolute Gasteiger partial charge is 0.372 e. The monoisotopic (exact) mass is 308 g/mol. The number of rotatable bonds is 2. The van der Waals surface area contributed by atoms with Crippen LogP contribution in [0.2, 0.25) is 0 Å². The number of benzene rings is 1. The van der Waals surface area contributed by atoms with Gasteiger partial charge in [0, 0.05) is 30.5 Å². The average Bonchev–Trinajstić information content (AvgIpc) is 3.01. The predicted octanol–water partition coefficient (Wildman–Crippen LogP) is 3.24. The maximum absolute atomic E-state index is 5.80. The second kappa shape index (κ2) is 5.66. The van der Waals surface area contributed by atoms with E-state index in [0.717, 1.165) is 35.5 Å². The maximum Gasteiger partial charge on any atom is 0.156 e. The number of H-pyrrole nitrogens is 1. The van der Waals surface area contributed by atoms with Gasteiger partial charge >= 0.3 is 0 Å². The number of fused-ring (bicyclic) bond motifs is 1. The number of ether oxygens (including phenoxy) is 1. The highest BCUT2D eigenvalue weighted by atomic mass is 16.5. The van der Waals surface area contributed by atoms with Crippen LogP contribution >= 0.6 is 0 Å². The van der Waals surface area contributed by atoms with Crippen LogP contribution in [0.1, 0.15) is 13.8 Å². The van der Waals surface area contributed by atoms with Crippen molar-refractivity contribution in [3.8, 4) is 11.3 Å². The zero-order chi connectivity index (χ0) is 15.8. The van der Waals surface area contributed by atoms with E-state index < -0.39 is 0 Å². The highest BCUT2D eigenvalue weighted by Gasteiger charge is 2.22. The van der Waals surface area contributed by atoms with Crippen LogP contribution in [0.25, 0.3) is 22.4 Å². The molecular weight excluding hydrogens is 288 g/mol. The molecule has 1 aromatic carbocycles. The van der Waals surface area contributed by atoms with E-state index in [2.05, 4.69) is 58.0 Å². The Bertz CT molecular complexity index is 801. The van der Waals surface area contributed by atoms with Crippen molar-refractivity contribution in [3.63, 3.8) is 0 Å². The first-order valence-electron chi connectivity index (χ1n) is 8.00. The van der Waals surface area contributed by atoms with Crippen LogP contribution in [-0.4, -0.2) is 40.2 Å². The van der Waals surface area contributed by atoms with Gasteiger partial charge < -0.3 is 14.6 Å². The molecule has 3 heterocycles. The van der Waals surface area contributed by atoms with Crippen molar-refractivity contribution in [1.29, 1.82) is 0 Å². The predicted molar refractivity (Wildman–Crippen MR) is 91.5 cm³/mol. The molecule has 1 saturated heterocycles. The van der Waals surface area contributed by atoms with Gasteiger partial charge in [0.1, 0.15) is 5.52 Å². The van der Waals surface area contributed by atoms with Crippen molar-refractivity contribution < 1.29 is 4.74 Å². The molecular formula is C18H20N4O. The third-order valence-electron chi connectivity index (χ3n) is 4.21. The summed E-state index contributed by atoms with van der Waals surface area (Å²) in [4.78, 5) is 14.5. The minimum atomic E-state index is 0.264. The van der Waals surface area contributed by atoms with Gasteiger partial charge in [-0.25, -0.2) is 9.97 Å². The standard InChI is InChI=1S/C18H20N4O/c1-12-10-22(11-13(2)23-12)15-5-3-14(4-6-15)17-9-20-18-16(21-17)7-8-19-18/h3-9,12-13H,10-11H2,1-2H3,(H,19,20)/t12-,13+. The van der Waals surface area contributed by atoms with Crippen LogP contribution in [0.5, 0.6) is 0 Å². The highest BCUT2D eigenvalue weighted by Crippen LogP contribution is 2.25. The van der Waals surface area contributed by atoms with Gasteiger partial charge in [0.15, 0.2) is 5.65 Å². The summed E-state index contributed by atoms with van der Waals surface area (Å²) in [5, 5.41) is 0. The minimum Gasteiger partial charge on any atom is -0.372 e. The molecule has 1 N–H and O–H groups in total. The quantitative estimate of drug-likeness (QED) is 0.789. The summed E-state index contributed by atoms with van der Waals surface area (Å²) in [7, 11) is 0. The Hall–Kier alpha value is -2.40. The number of morpholine rings is 1. The SMILES string of the molecule is C[C@@H]1CN(c2ccc(-c3cnc4[nH]ccc4n3)cc2)C[C@H](C)O1. The smallest absolute Gasteiger partial charge is 0.156 e. The van der Waals surface area contributed by atoms with E-state index in [0.29, 0.717) is 0 Å². The zero-order valence-corrected chi connectivity index (χ0v) is 13.4. The Balaban J connectivity index is 1.59. The topological polar surface area (TPSA) is 54.0 Å². The zero-order valence-electron chi connectivity index (χ0n) is 13.4. The molecule has 2 atom stereocenters. The number of hydrogen-bond acceptors (Lipinski definition) is 4. The molecule has 0 amide bonds. The summed E-state index contributed by atoms with van der Waals surface area (Å²) in [6.07, 6.45) is 4.20. The Kier molecular flexibility index (Phi) is 3.50. The summed E-state index contributed by atoms with van der Waals surface area (Å²) in [5.74, 6) is 0. The first kappa shape index (κ1) is 14.2. The molecule has 0 radical (unpaired) electrons. The number of anilines is 1. The minimum absolute atomic E-state index is 0.264. The second-order valence-electron chi connectivity index (χ2n) is 6.18. The molecule has 1 fully saturated rings. The molecule has 5 heteroatoms. The van der Waals surface area contributed by atoms with Gasteiger partial charge in [0.25, 0.3) is 0 Å². The third kappa shape index (κ3) is 2.80. The third-order valence-corrected chi connectivity index (χ3v) is 4.21. The lowest BCUT2D eigenvalue weighted by molar-refractivity contribution is -0.00521. The number of nitrogens with zero attached hydrogens (tertiary/aromatic N) is 3. The Morgan fingerprint density at radius 1 is 1.09 bits per heavy atom. The van der Waals surface area contributed by atoms with Gasteiger partial charge in [0.05, 0.1) is 24.1 Å². The lowest BCUT2D eigenvalue weighted by Gasteiger charge is -2.36. The number of aromatic nitrogens is 3. The van der Waals surface area contributed by atoms with E-state index in [4.69, 9.17) is 4.74 Å². The molecule has 0 saturated carbocycles. The van der Waals surface area contributed by atoms with E-state index in [1.165, 1.54) is 5.69 Å². The fourth-order valence-electron chi connectivity index (χ4n) is 3.20. The van der Waals surface area contributed by atoms with Crippen molar-refractivity contribution in [2.24, 2.45) is 0 Å². The van der Waals surface area contributed by atoms with Crippen LogP contribution in [-0.2, 0) is 4.74 Å². The maximum atomic E-state index is 5.80. The summed E-state index contributed by atoms with van der Waals surface area (Å²) in [5.41, 5.74) is 4.92. The lowest BCUT2D eigenvalue weighted by atomic mass is 10.1. The molecule has 1 aliphatic heterocycles. The normalized spacial score (nSPS) is 21.7. The highest BCUT2D eigenvalue weighted by molar-refractivity contribution is 5.74. The van der Waals surface area contributed by atoms with Crippen molar-refractivity contribution in [2.75, 3.05) is 18.0 Å². The van der Waals surface area contributed by atoms with Gasteiger partial charge in [-0.05, 0) is 32.0 Å². The summed E-state index contributed by atoms with van der Waals surface area (Å²) >= 11 is 0. The van der Waals surface area contributed by atoms with Crippen molar-refractivity contribution >= 4 is 16.9 Å². The van der Waals surface area contributed by atoms with Crippen LogP contribution in [0.4, 0.5) is 5.69 Å². The van der Waals surface area contributed by atoms with Crippen LogP contribution in [0.3, 0.4) is 0 Å². The molecule has 0 aliphatic carbocycles. The Labute approximate surface area is 135 Å². The van der Waals surface area contributed by atoms with E-state index >= 15 is 0 Å². The molecule has 0 bridgehead atoms. The van der Waals surface area contributed by atoms with Crippen LogP contribution in [0, 0.1) is 0 Å². The molecule has 0 unspecified atom stereocenters. The molecule has 4 rings (SSSR count). The summed E-state index contributed by atoms with van der Waals surface area (Å²) in [6.45, 7) is 6.11. The summed E-state index contributed by atoms with van der Waals surface area (Å²) < 4.78 is 5.80. The number of aromatic amines is 1.